The summed E-state index contributed by atoms with van der Waals surface area (Å²) in [5, 5.41) is 33.1. The molecule has 0 spiro atoms. The van der Waals surface area contributed by atoms with Crippen molar-refractivity contribution in [3.8, 4) is 0 Å². The predicted octanol–water partition coefficient (Wildman–Crippen LogP) is 4.13. The molecule has 0 bridgehead atoms. The van der Waals surface area contributed by atoms with Crippen molar-refractivity contribution >= 4 is 17.7 Å². The molecular weight excluding hydrogens is 500 g/mol. The third-order valence-electron chi connectivity index (χ3n) is 10.3. The molecule has 0 aliphatic heterocycles. The second kappa shape index (κ2) is 12.4. The van der Waals surface area contributed by atoms with Gasteiger partial charge in [0.05, 0.1) is 24.7 Å². The summed E-state index contributed by atoms with van der Waals surface area (Å²) in [6, 6.07) is 0. The number of carbonyl (C=O) groups is 3. The van der Waals surface area contributed by atoms with Gasteiger partial charge < -0.3 is 24.8 Å². The first-order valence-corrected chi connectivity index (χ1v) is 14.8. The average Bonchev–Trinajstić information content (AvgIpc) is 3.18. The van der Waals surface area contributed by atoms with Gasteiger partial charge in [0.25, 0.3) is 0 Å². The molecule has 8 nitrogen and oxygen atoms in total. The maximum Gasteiger partial charge on any atom is 0.303 e. The SMILES string of the molecule is CC(=O)OCCC1(C)C(C2=CCC3(O)C(OC(C)=O)C(O)CCC3(CO)C2=O)CCC1C(C)CCCC(C)C. The van der Waals surface area contributed by atoms with Crippen LogP contribution in [0.25, 0.3) is 0 Å². The molecule has 0 saturated heterocycles. The van der Waals surface area contributed by atoms with Crippen molar-refractivity contribution in [2.24, 2.45) is 34.5 Å². The van der Waals surface area contributed by atoms with Gasteiger partial charge in [-0.3, -0.25) is 14.4 Å². The lowest BCUT2D eigenvalue weighted by Crippen LogP contribution is -2.70. The number of aliphatic hydroxyl groups excluding tert-OH is 2. The predicted molar refractivity (Wildman–Crippen MR) is 146 cm³/mol. The van der Waals surface area contributed by atoms with Crippen molar-refractivity contribution in [3.63, 3.8) is 0 Å². The third-order valence-corrected chi connectivity index (χ3v) is 10.3. The fourth-order valence-corrected chi connectivity index (χ4v) is 8.08. The Morgan fingerprint density at radius 2 is 1.79 bits per heavy atom. The molecule has 0 aromatic rings. The van der Waals surface area contributed by atoms with Crippen molar-refractivity contribution < 1.29 is 39.2 Å². The molecule has 0 radical (unpaired) electrons. The number of fused-ring (bicyclic) bond motifs is 1. The molecule has 222 valence electrons. The largest absolute Gasteiger partial charge is 0.466 e. The minimum absolute atomic E-state index is 0.00518. The zero-order chi connectivity index (χ0) is 29.2. The maximum atomic E-state index is 14.3. The highest BCUT2D eigenvalue weighted by molar-refractivity contribution is 6.03. The Kier molecular flexibility index (Phi) is 10.1. The Bertz CT molecular complexity index is 943. The van der Waals surface area contributed by atoms with Gasteiger partial charge >= 0.3 is 11.9 Å². The van der Waals surface area contributed by atoms with Crippen molar-refractivity contribution in [3.05, 3.63) is 11.6 Å². The molecular formula is C31H50O8. The maximum absolute atomic E-state index is 14.3. The summed E-state index contributed by atoms with van der Waals surface area (Å²) in [6.07, 6.45) is 5.31. The fraction of sp³-hybridized carbons (Fsp3) is 0.839. The molecule has 0 aromatic heterocycles. The van der Waals surface area contributed by atoms with E-state index in [0.29, 0.717) is 29.7 Å². The van der Waals surface area contributed by atoms with E-state index in [0.717, 1.165) is 25.7 Å². The number of allylic oxidation sites excluding steroid dienone is 1. The third kappa shape index (κ3) is 5.98. The summed E-state index contributed by atoms with van der Waals surface area (Å²) >= 11 is 0. The summed E-state index contributed by atoms with van der Waals surface area (Å²) < 4.78 is 10.7. The molecule has 3 rings (SSSR count). The lowest BCUT2D eigenvalue weighted by Gasteiger charge is -2.56. The average molecular weight is 551 g/mol. The summed E-state index contributed by atoms with van der Waals surface area (Å²) in [6.45, 7) is 11.2. The molecule has 8 unspecified atom stereocenters. The monoisotopic (exact) mass is 550 g/mol. The van der Waals surface area contributed by atoms with Crippen LogP contribution in [-0.4, -0.2) is 64.1 Å². The fourth-order valence-electron chi connectivity index (χ4n) is 8.08. The second-order valence-corrected chi connectivity index (χ2v) is 13.1. The lowest BCUT2D eigenvalue weighted by atomic mass is 9.52. The standard InChI is InChI=1S/C31H50O8/c1-19(2)8-7-9-20(3)24-10-11-25(29(24,6)16-17-38-21(4)33)23-12-15-31(37)28(39-22(5)34)26(35)13-14-30(31,18-32)27(23)36/h12,19-20,24-26,28,32,35,37H,7-11,13-18H2,1-6H3. The van der Waals surface area contributed by atoms with Crippen LogP contribution in [0.1, 0.15) is 99.3 Å². The number of carbonyl (C=O) groups excluding carboxylic acids is 3. The highest BCUT2D eigenvalue weighted by Gasteiger charge is 2.67. The van der Waals surface area contributed by atoms with E-state index >= 15 is 0 Å². The Morgan fingerprint density at radius 1 is 1.10 bits per heavy atom. The Labute approximate surface area is 233 Å². The van der Waals surface area contributed by atoms with Gasteiger partial charge in [0.15, 0.2) is 11.9 Å². The molecule has 0 heterocycles. The first-order chi connectivity index (χ1) is 18.2. The van der Waals surface area contributed by atoms with Crippen LogP contribution in [0.5, 0.6) is 0 Å². The molecule has 2 saturated carbocycles. The zero-order valence-corrected chi connectivity index (χ0v) is 24.7. The summed E-state index contributed by atoms with van der Waals surface area (Å²) in [4.78, 5) is 37.8. The van der Waals surface area contributed by atoms with Gasteiger partial charge in [-0.25, -0.2) is 0 Å². The molecule has 3 aliphatic rings. The summed E-state index contributed by atoms with van der Waals surface area (Å²) in [5.41, 5.74) is -3.17. The number of ketones is 1. The molecule has 2 fully saturated rings. The number of hydrogen-bond donors (Lipinski definition) is 3. The van der Waals surface area contributed by atoms with Gasteiger partial charge in [0.2, 0.25) is 0 Å². The summed E-state index contributed by atoms with van der Waals surface area (Å²) in [5.74, 6) is -0.0308. The van der Waals surface area contributed by atoms with E-state index in [1.807, 2.05) is 0 Å². The van der Waals surface area contributed by atoms with E-state index in [9.17, 15) is 29.7 Å². The Hall–Kier alpha value is -1.77. The normalized spacial score (nSPS) is 37.3. The number of rotatable bonds is 11. The van der Waals surface area contributed by atoms with E-state index in [-0.39, 0.29) is 49.0 Å². The quantitative estimate of drug-likeness (QED) is 0.328. The van der Waals surface area contributed by atoms with E-state index < -0.39 is 35.8 Å². The molecule has 3 N–H and O–H groups in total. The van der Waals surface area contributed by atoms with Crippen LogP contribution in [0, 0.1) is 34.5 Å². The number of esters is 2. The minimum atomic E-state index is -1.90. The molecule has 8 heteroatoms. The molecule has 3 aliphatic carbocycles. The van der Waals surface area contributed by atoms with E-state index in [1.165, 1.54) is 20.3 Å². The van der Waals surface area contributed by atoms with Crippen molar-refractivity contribution in [2.45, 2.75) is 117 Å². The first kappa shape index (κ1) is 31.8. The minimum Gasteiger partial charge on any atom is -0.466 e. The summed E-state index contributed by atoms with van der Waals surface area (Å²) in [7, 11) is 0. The van der Waals surface area contributed by atoms with Crippen LogP contribution in [0.3, 0.4) is 0 Å². The number of aliphatic hydroxyl groups is 3. The van der Waals surface area contributed by atoms with Crippen molar-refractivity contribution in [1.82, 2.24) is 0 Å². The van der Waals surface area contributed by atoms with Crippen LogP contribution < -0.4 is 0 Å². The van der Waals surface area contributed by atoms with Gasteiger partial charge in [-0.15, -0.1) is 0 Å². The second-order valence-electron chi connectivity index (χ2n) is 13.1. The molecule has 8 atom stereocenters. The van der Waals surface area contributed by atoms with E-state index in [1.54, 1.807) is 6.08 Å². The van der Waals surface area contributed by atoms with Crippen LogP contribution in [0.2, 0.25) is 0 Å². The van der Waals surface area contributed by atoms with E-state index in [2.05, 4.69) is 27.7 Å². The zero-order valence-electron chi connectivity index (χ0n) is 24.7. The Morgan fingerprint density at radius 3 is 2.38 bits per heavy atom. The highest BCUT2D eigenvalue weighted by Crippen LogP contribution is 2.60. The van der Waals surface area contributed by atoms with Crippen molar-refractivity contribution in [2.75, 3.05) is 13.2 Å². The van der Waals surface area contributed by atoms with Crippen molar-refractivity contribution in [1.29, 1.82) is 0 Å². The molecule has 0 amide bonds. The van der Waals surface area contributed by atoms with Crippen LogP contribution in [0.4, 0.5) is 0 Å². The molecule has 0 aromatic carbocycles. The van der Waals surface area contributed by atoms with Crippen LogP contribution in [-0.2, 0) is 23.9 Å². The van der Waals surface area contributed by atoms with E-state index in [4.69, 9.17) is 9.47 Å². The lowest BCUT2D eigenvalue weighted by molar-refractivity contribution is -0.236. The number of Topliss-reactive ketones (excluding diaryl/α,β-unsaturated/α-hetero) is 1. The van der Waals surface area contributed by atoms with Gasteiger partial charge in [-0.05, 0) is 73.2 Å². The van der Waals surface area contributed by atoms with Gasteiger partial charge in [0.1, 0.15) is 5.60 Å². The van der Waals surface area contributed by atoms with Gasteiger partial charge in [0, 0.05) is 13.8 Å². The first-order valence-electron chi connectivity index (χ1n) is 14.8. The highest BCUT2D eigenvalue weighted by atomic mass is 16.6. The van der Waals surface area contributed by atoms with Gasteiger partial charge in [-0.2, -0.15) is 0 Å². The van der Waals surface area contributed by atoms with Gasteiger partial charge in [-0.1, -0.05) is 53.0 Å². The topological polar surface area (TPSA) is 130 Å². The van der Waals surface area contributed by atoms with Crippen LogP contribution in [0.15, 0.2) is 11.6 Å². The Balaban J connectivity index is 1.97. The number of ether oxygens (including phenoxy) is 2. The smallest absolute Gasteiger partial charge is 0.303 e. The molecule has 39 heavy (non-hydrogen) atoms. The van der Waals surface area contributed by atoms with Crippen LogP contribution >= 0.6 is 0 Å². The number of hydrogen-bond acceptors (Lipinski definition) is 8.